The Kier molecular flexibility index (Phi) is 4.54. The molecule has 0 spiro atoms. The minimum absolute atomic E-state index is 0.0862. The zero-order valence-corrected chi connectivity index (χ0v) is 13.7. The van der Waals surface area contributed by atoms with Gasteiger partial charge in [0.05, 0.1) is 17.0 Å². The number of amides is 1. The summed E-state index contributed by atoms with van der Waals surface area (Å²) in [5.41, 5.74) is 0.674. The maximum atomic E-state index is 11.9. The summed E-state index contributed by atoms with van der Waals surface area (Å²) in [6.45, 7) is 1.59. The van der Waals surface area contributed by atoms with E-state index in [9.17, 15) is 9.59 Å². The van der Waals surface area contributed by atoms with E-state index in [2.05, 4.69) is 10.3 Å². The number of nitrogens with zero attached hydrogens (tertiary/aromatic N) is 1. The lowest BCUT2D eigenvalue weighted by Gasteiger charge is -2.12. The summed E-state index contributed by atoms with van der Waals surface area (Å²) < 4.78 is 5.16. The maximum absolute atomic E-state index is 11.9. The molecule has 1 fully saturated rings. The number of thiazole rings is 1. The lowest BCUT2D eigenvalue weighted by molar-refractivity contribution is -0.154. The fraction of sp³-hybridized carbons (Fsp3) is 0.400. The van der Waals surface area contributed by atoms with Crippen LogP contribution in [-0.2, 0) is 20.7 Å². The van der Waals surface area contributed by atoms with E-state index in [0.717, 1.165) is 22.7 Å². The topological polar surface area (TPSA) is 68.3 Å². The molecule has 3 rings (SSSR count). The molecule has 1 saturated carbocycles. The molecule has 2 heterocycles. The summed E-state index contributed by atoms with van der Waals surface area (Å²) in [5, 5.41) is 7.56. The minimum Gasteiger partial charge on any atom is -0.452 e. The summed E-state index contributed by atoms with van der Waals surface area (Å²) in [6.07, 6.45) is 1.35. The molecule has 0 bridgehead atoms. The molecule has 1 aliphatic rings. The Hall–Kier alpha value is -1.73. The molecule has 7 heteroatoms. The number of aromatic nitrogens is 1. The highest BCUT2D eigenvalue weighted by Crippen LogP contribution is 2.28. The van der Waals surface area contributed by atoms with Crippen LogP contribution in [0.25, 0.3) is 9.88 Å². The second-order valence-electron chi connectivity index (χ2n) is 5.21. The predicted molar refractivity (Wildman–Crippen MR) is 85.8 cm³/mol. The zero-order chi connectivity index (χ0) is 15.5. The molecule has 2 aromatic rings. The number of carbonyl (C=O) groups excluding carboxylic acids is 2. The van der Waals surface area contributed by atoms with E-state index in [1.165, 1.54) is 11.3 Å². The molecule has 1 amide bonds. The molecule has 1 aliphatic carbocycles. The summed E-state index contributed by atoms with van der Waals surface area (Å²) in [6, 6.07) is 4.23. The Morgan fingerprint density at radius 2 is 2.27 bits per heavy atom. The second-order valence-corrected chi connectivity index (χ2v) is 7.02. The molecular formula is C15H16N2O3S2. The number of hydrogen-bond donors (Lipinski definition) is 1. The number of esters is 1. The summed E-state index contributed by atoms with van der Waals surface area (Å²) in [5.74, 6) is -0.658. The van der Waals surface area contributed by atoms with Crippen LogP contribution in [0.5, 0.6) is 0 Å². The van der Waals surface area contributed by atoms with Crippen molar-refractivity contribution in [3.63, 3.8) is 0 Å². The first-order valence-electron chi connectivity index (χ1n) is 7.10. The summed E-state index contributed by atoms with van der Waals surface area (Å²) in [4.78, 5) is 29.1. The van der Waals surface area contributed by atoms with Gasteiger partial charge in [-0.2, -0.15) is 0 Å². The maximum Gasteiger partial charge on any atom is 0.312 e. The van der Waals surface area contributed by atoms with Gasteiger partial charge in [0.25, 0.3) is 5.91 Å². The van der Waals surface area contributed by atoms with Crippen LogP contribution < -0.4 is 5.32 Å². The van der Waals surface area contributed by atoms with E-state index in [1.54, 1.807) is 18.3 Å². The lowest BCUT2D eigenvalue weighted by Crippen LogP contribution is -2.37. The highest BCUT2D eigenvalue weighted by atomic mass is 32.1. The van der Waals surface area contributed by atoms with Gasteiger partial charge in [-0.25, -0.2) is 4.98 Å². The minimum atomic E-state index is -0.761. The van der Waals surface area contributed by atoms with Crippen LogP contribution in [0.2, 0.25) is 0 Å². The molecule has 5 nitrogen and oxygen atoms in total. The summed E-state index contributed by atoms with van der Waals surface area (Å²) >= 11 is 3.12. The Balaban J connectivity index is 1.52. The van der Waals surface area contributed by atoms with Crippen LogP contribution >= 0.6 is 22.7 Å². The molecular weight excluding hydrogens is 320 g/mol. The molecule has 1 atom stereocenters. The van der Waals surface area contributed by atoms with Gasteiger partial charge in [-0.1, -0.05) is 6.07 Å². The zero-order valence-electron chi connectivity index (χ0n) is 12.1. The largest absolute Gasteiger partial charge is 0.452 e. The first kappa shape index (κ1) is 15.2. The molecule has 2 aromatic heterocycles. The smallest absolute Gasteiger partial charge is 0.312 e. The van der Waals surface area contributed by atoms with Crippen LogP contribution in [0.3, 0.4) is 0 Å². The molecule has 1 N–H and O–H groups in total. The Labute approximate surface area is 136 Å². The number of ether oxygens (including phenoxy) is 1. The third-order valence-electron chi connectivity index (χ3n) is 3.21. The van der Waals surface area contributed by atoms with Gasteiger partial charge in [0.1, 0.15) is 5.01 Å². The van der Waals surface area contributed by atoms with Gasteiger partial charge in [-0.15, -0.1) is 22.7 Å². The van der Waals surface area contributed by atoms with Gasteiger partial charge in [0.2, 0.25) is 0 Å². The number of nitrogens with one attached hydrogen (secondary N) is 1. The van der Waals surface area contributed by atoms with Gasteiger partial charge >= 0.3 is 5.97 Å². The highest BCUT2D eigenvalue weighted by molar-refractivity contribution is 7.20. The standard InChI is InChI=1S/C15H16N2O3S2/c1-9(14(19)16-10-4-5-10)20-13(18)7-11-8-22-15(17-11)12-3-2-6-21-12/h2-3,6,8-10H,4-5,7H2,1H3,(H,16,19)/t9-/m0/s1. The van der Waals surface area contributed by atoms with Crippen LogP contribution in [0.1, 0.15) is 25.5 Å². The van der Waals surface area contributed by atoms with E-state index < -0.39 is 12.1 Å². The third-order valence-corrected chi connectivity index (χ3v) is 5.14. The van der Waals surface area contributed by atoms with Crippen molar-refractivity contribution in [2.75, 3.05) is 0 Å². The average Bonchev–Trinajstić information content (AvgIpc) is 2.96. The Morgan fingerprint density at radius 1 is 1.45 bits per heavy atom. The van der Waals surface area contributed by atoms with Crippen molar-refractivity contribution in [1.29, 1.82) is 0 Å². The quantitative estimate of drug-likeness (QED) is 0.824. The molecule has 0 saturated heterocycles. The van der Waals surface area contributed by atoms with Crippen LogP contribution in [0.4, 0.5) is 0 Å². The number of carbonyl (C=O) groups is 2. The van der Waals surface area contributed by atoms with E-state index in [1.807, 2.05) is 22.9 Å². The number of hydrogen-bond acceptors (Lipinski definition) is 6. The molecule has 0 aromatic carbocycles. The van der Waals surface area contributed by atoms with E-state index in [0.29, 0.717) is 5.69 Å². The van der Waals surface area contributed by atoms with E-state index >= 15 is 0 Å². The Morgan fingerprint density at radius 3 is 2.95 bits per heavy atom. The van der Waals surface area contributed by atoms with Crippen molar-refractivity contribution in [3.05, 3.63) is 28.6 Å². The van der Waals surface area contributed by atoms with Crippen molar-refractivity contribution in [2.45, 2.75) is 38.3 Å². The first-order chi connectivity index (χ1) is 10.6. The summed E-state index contributed by atoms with van der Waals surface area (Å²) in [7, 11) is 0. The number of thiophene rings is 1. The fourth-order valence-electron chi connectivity index (χ4n) is 1.89. The average molecular weight is 336 g/mol. The molecule has 116 valence electrons. The van der Waals surface area contributed by atoms with Gasteiger partial charge < -0.3 is 10.1 Å². The van der Waals surface area contributed by atoms with Crippen LogP contribution in [-0.4, -0.2) is 29.0 Å². The predicted octanol–water partition coefficient (Wildman–Crippen LogP) is 2.62. The van der Waals surface area contributed by atoms with Crippen molar-refractivity contribution in [2.24, 2.45) is 0 Å². The monoisotopic (exact) mass is 336 g/mol. The SMILES string of the molecule is C[C@H](OC(=O)Cc1csc(-c2cccs2)n1)C(=O)NC1CC1. The Bertz CT molecular complexity index is 662. The van der Waals surface area contributed by atoms with Gasteiger partial charge in [0, 0.05) is 11.4 Å². The lowest BCUT2D eigenvalue weighted by atomic mass is 10.3. The van der Waals surface area contributed by atoms with Crippen molar-refractivity contribution >= 4 is 34.6 Å². The third kappa shape index (κ3) is 3.92. The molecule has 22 heavy (non-hydrogen) atoms. The van der Waals surface area contributed by atoms with Gasteiger partial charge in [-0.05, 0) is 31.2 Å². The van der Waals surface area contributed by atoms with Crippen LogP contribution in [0.15, 0.2) is 22.9 Å². The molecule has 0 unspecified atom stereocenters. The molecule has 0 radical (unpaired) electrons. The van der Waals surface area contributed by atoms with E-state index in [-0.39, 0.29) is 18.4 Å². The van der Waals surface area contributed by atoms with Gasteiger partial charge in [0.15, 0.2) is 6.10 Å². The second kappa shape index (κ2) is 6.58. The normalized spacial score (nSPS) is 15.3. The van der Waals surface area contributed by atoms with Crippen molar-refractivity contribution < 1.29 is 14.3 Å². The number of rotatable bonds is 6. The first-order valence-corrected chi connectivity index (χ1v) is 8.86. The fourth-order valence-corrected chi connectivity index (χ4v) is 3.52. The van der Waals surface area contributed by atoms with Crippen LogP contribution in [0, 0.1) is 0 Å². The van der Waals surface area contributed by atoms with Crippen molar-refractivity contribution in [1.82, 2.24) is 10.3 Å². The van der Waals surface area contributed by atoms with Crippen molar-refractivity contribution in [3.8, 4) is 9.88 Å². The van der Waals surface area contributed by atoms with E-state index in [4.69, 9.17) is 4.74 Å². The van der Waals surface area contributed by atoms with Gasteiger partial charge in [-0.3, -0.25) is 9.59 Å². The highest BCUT2D eigenvalue weighted by Gasteiger charge is 2.27. The molecule has 0 aliphatic heterocycles.